The van der Waals surface area contributed by atoms with Crippen LogP contribution in [0.5, 0.6) is 5.75 Å². The van der Waals surface area contributed by atoms with Crippen molar-refractivity contribution < 1.29 is 19.4 Å². The molecule has 2 heterocycles. The van der Waals surface area contributed by atoms with Crippen LogP contribution in [0.4, 0.5) is 16.3 Å². The van der Waals surface area contributed by atoms with Crippen LogP contribution in [0.2, 0.25) is 0 Å². The number of rotatable bonds is 3. The van der Waals surface area contributed by atoms with Crippen LogP contribution >= 0.6 is 0 Å². The van der Waals surface area contributed by atoms with E-state index in [1.807, 2.05) is 25.7 Å². The minimum absolute atomic E-state index is 0.375. The maximum atomic E-state index is 12.5. The summed E-state index contributed by atoms with van der Waals surface area (Å²) in [5.41, 5.74) is 5.91. The van der Waals surface area contributed by atoms with E-state index in [-0.39, 0.29) is 0 Å². The van der Waals surface area contributed by atoms with Gasteiger partial charge in [-0.2, -0.15) is 0 Å². The molecule has 1 unspecified atom stereocenters. The van der Waals surface area contributed by atoms with Crippen LogP contribution in [0, 0.1) is 0 Å². The molecule has 0 bridgehead atoms. The zero-order valence-corrected chi connectivity index (χ0v) is 15.5. The van der Waals surface area contributed by atoms with Crippen molar-refractivity contribution in [3.05, 3.63) is 12.3 Å². The lowest BCUT2D eigenvalue weighted by Gasteiger charge is -2.43. The third-order valence-corrected chi connectivity index (χ3v) is 4.03. The lowest BCUT2D eigenvalue weighted by Crippen LogP contribution is -2.59. The molecule has 140 valence electrons. The summed E-state index contributed by atoms with van der Waals surface area (Å²) < 4.78 is 10.8. The lowest BCUT2D eigenvalue weighted by atomic mass is 10.1. The van der Waals surface area contributed by atoms with Crippen molar-refractivity contribution in [2.45, 2.75) is 45.4 Å². The Morgan fingerprint density at radius 3 is 2.68 bits per heavy atom. The van der Waals surface area contributed by atoms with Gasteiger partial charge in [-0.05, 0) is 27.7 Å². The molecule has 0 radical (unpaired) electrons. The normalized spacial score (nSPS) is 19.5. The number of aliphatic hydroxyl groups is 1. The predicted octanol–water partition coefficient (Wildman–Crippen LogP) is 1.48. The van der Waals surface area contributed by atoms with Crippen molar-refractivity contribution >= 4 is 17.6 Å². The summed E-state index contributed by atoms with van der Waals surface area (Å²) in [5.74, 6) is 0.989. The number of carbonyl (C=O) groups is 1. The van der Waals surface area contributed by atoms with Gasteiger partial charge in [-0.25, -0.2) is 9.78 Å². The molecular formula is C17H28N4O4. The molecule has 8 nitrogen and oxygen atoms in total. The zero-order chi connectivity index (χ0) is 18.8. The fourth-order valence-electron chi connectivity index (χ4n) is 2.83. The van der Waals surface area contributed by atoms with E-state index in [0.717, 1.165) is 5.69 Å². The highest BCUT2D eigenvalue weighted by Gasteiger charge is 2.36. The predicted molar refractivity (Wildman–Crippen MR) is 95.8 cm³/mol. The Labute approximate surface area is 148 Å². The number of aromatic nitrogens is 1. The molecule has 1 fully saturated rings. The molecule has 0 spiro atoms. The second-order valence-electron chi connectivity index (χ2n) is 7.21. The Morgan fingerprint density at radius 1 is 1.44 bits per heavy atom. The molecule has 0 aromatic carbocycles. The quantitative estimate of drug-likeness (QED) is 0.849. The van der Waals surface area contributed by atoms with Gasteiger partial charge in [0.2, 0.25) is 0 Å². The van der Waals surface area contributed by atoms with Crippen LogP contribution < -0.4 is 15.4 Å². The molecule has 25 heavy (non-hydrogen) atoms. The van der Waals surface area contributed by atoms with Crippen molar-refractivity contribution in [3.8, 4) is 5.75 Å². The number of aliphatic hydroxyl groups excluding tert-OH is 1. The van der Waals surface area contributed by atoms with Gasteiger partial charge in [-0.1, -0.05) is 0 Å². The molecule has 1 aromatic heterocycles. The number of nitrogen functional groups attached to an aromatic ring is 1. The summed E-state index contributed by atoms with van der Waals surface area (Å²) in [7, 11) is 1.57. The topological polar surface area (TPSA) is 101 Å². The van der Waals surface area contributed by atoms with E-state index in [0.29, 0.717) is 31.2 Å². The number of hydrogen-bond acceptors (Lipinski definition) is 7. The molecule has 1 aliphatic heterocycles. The summed E-state index contributed by atoms with van der Waals surface area (Å²) >= 11 is 0. The van der Waals surface area contributed by atoms with Gasteiger partial charge in [-0.3, -0.25) is 4.90 Å². The van der Waals surface area contributed by atoms with E-state index in [1.165, 1.54) is 0 Å². The number of nitrogens with zero attached hydrogens (tertiary/aromatic N) is 3. The molecule has 1 aromatic rings. The van der Waals surface area contributed by atoms with Gasteiger partial charge < -0.3 is 25.2 Å². The molecule has 2 rings (SSSR count). The van der Waals surface area contributed by atoms with E-state index < -0.39 is 23.8 Å². The van der Waals surface area contributed by atoms with Crippen LogP contribution in [0.25, 0.3) is 0 Å². The second-order valence-corrected chi connectivity index (χ2v) is 7.21. The number of carbonyl (C=O) groups excluding carboxylic acids is 1. The molecule has 0 aliphatic carbocycles. The molecule has 2 atom stereocenters. The fraction of sp³-hybridized carbons (Fsp3) is 0.647. The molecule has 1 aliphatic rings. The maximum Gasteiger partial charge on any atom is 0.410 e. The van der Waals surface area contributed by atoms with Crippen molar-refractivity contribution in [1.29, 1.82) is 0 Å². The average Bonchev–Trinajstić information content (AvgIpc) is 2.52. The Balaban J connectivity index is 2.20. The molecule has 3 N–H and O–H groups in total. The number of anilines is 2. The number of pyridine rings is 1. The van der Waals surface area contributed by atoms with Crippen LogP contribution in [-0.2, 0) is 4.74 Å². The Bertz CT molecular complexity index is 615. The summed E-state index contributed by atoms with van der Waals surface area (Å²) in [6, 6.07) is 1.26. The van der Waals surface area contributed by atoms with Gasteiger partial charge in [0.1, 0.15) is 17.2 Å². The number of nitrogens with two attached hydrogens (primary N) is 1. The molecule has 8 heteroatoms. The second kappa shape index (κ2) is 7.35. The minimum Gasteiger partial charge on any atom is -0.494 e. The highest BCUT2D eigenvalue weighted by atomic mass is 16.6. The molecule has 1 amide bonds. The van der Waals surface area contributed by atoms with Crippen LogP contribution in [-0.4, -0.2) is 65.6 Å². The number of hydrogen-bond donors (Lipinski definition) is 2. The lowest BCUT2D eigenvalue weighted by molar-refractivity contribution is -0.00560. The van der Waals surface area contributed by atoms with E-state index in [2.05, 4.69) is 4.98 Å². The first-order chi connectivity index (χ1) is 11.6. The Morgan fingerprint density at radius 2 is 2.12 bits per heavy atom. The van der Waals surface area contributed by atoms with Gasteiger partial charge in [0, 0.05) is 25.7 Å². The van der Waals surface area contributed by atoms with E-state index >= 15 is 0 Å². The largest absolute Gasteiger partial charge is 0.494 e. The van der Waals surface area contributed by atoms with Crippen molar-refractivity contribution in [2.24, 2.45) is 0 Å². The monoisotopic (exact) mass is 352 g/mol. The van der Waals surface area contributed by atoms with Crippen molar-refractivity contribution in [2.75, 3.05) is 37.4 Å². The van der Waals surface area contributed by atoms with E-state index in [4.69, 9.17) is 15.2 Å². The number of amides is 1. The summed E-state index contributed by atoms with van der Waals surface area (Å²) in [6.07, 6.45) is 0.527. The Hall–Kier alpha value is -2.22. The third-order valence-electron chi connectivity index (χ3n) is 4.03. The van der Waals surface area contributed by atoms with Gasteiger partial charge in [0.15, 0.2) is 0 Å². The van der Waals surface area contributed by atoms with Crippen molar-refractivity contribution in [1.82, 2.24) is 9.88 Å². The first-order valence-corrected chi connectivity index (χ1v) is 8.34. The first kappa shape index (κ1) is 19.1. The molecule has 1 saturated heterocycles. The standard InChI is InChI=1S/C17H28N4O4/c1-11(22)13-10-20(12-9-19-15(18)8-14(12)24-5)6-7-21(13)16(23)25-17(2,3)4/h8-9,11,13,22H,6-7,10H2,1-5H3,(H2,18,19)/t11?,13-/m1/s1. The molecular weight excluding hydrogens is 324 g/mol. The van der Waals surface area contributed by atoms with Gasteiger partial charge >= 0.3 is 6.09 Å². The van der Waals surface area contributed by atoms with Crippen LogP contribution in [0.1, 0.15) is 27.7 Å². The maximum absolute atomic E-state index is 12.5. The van der Waals surface area contributed by atoms with E-state index in [1.54, 1.807) is 31.2 Å². The minimum atomic E-state index is -0.706. The molecule has 0 saturated carbocycles. The van der Waals surface area contributed by atoms with Crippen LogP contribution in [0.3, 0.4) is 0 Å². The Kier molecular flexibility index (Phi) is 5.62. The first-order valence-electron chi connectivity index (χ1n) is 8.34. The number of ether oxygens (including phenoxy) is 2. The average molecular weight is 352 g/mol. The van der Waals surface area contributed by atoms with Gasteiger partial charge in [0.25, 0.3) is 0 Å². The summed E-state index contributed by atoms with van der Waals surface area (Å²) in [6.45, 7) is 8.58. The number of methoxy groups -OCH3 is 1. The fourth-order valence-corrected chi connectivity index (χ4v) is 2.83. The highest BCUT2D eigenvalue weighted by Crippen LogP contribution is 2.31. The summed E-state index contributed by atoms with van der Waals surface area (Å²) in [5, 5.41) is 10.2. The van der Waals surface area contributed by atoms with Crippen LogP contribution in [0.15, 0.2) is 12.3 Å². The van der Waals surface area contributed by atoms with Gasteiger partial charge in [0.05, 0.1) is 31.1 Å². The highest BCUT2D eigenvalue weighted by molar-refractivity contribution is 5.70. The summed E-state index contributed by atoms with van der Waals surface area (Å²) in [4.78, 5) is 20.2. The third kappa shape index (κ3) is 4.66. The van der Waals surface area contributed by atoms with Crippen molar-refractivity contribution in [3.63, 3.8) is 0 Å². The SMILES string of the molecule is COc1cc(N)ncc1N1CCN(C(=O)OC(C)(C)C)[C@@H](C(C)O)C1. The van der Waals surface area contributed by atoms with E-state index in [9.17, 15) is 9.90 Å². The van der Waals surface area contributed by atoms with Gasteiger partial charge in [-0.15, -0.1) is 0 Å². The number of piperazine rings is 1. The smallest absolute Gasteiger partial charge is 0.410 e. The zero-order valence-electron chi connectivity index (χ0n) is 15.5.